The van der Waals surface area contributed by atoms with Gasteiger partial charge in [0.2, 0.25) is 5.91 Å². The van der Waals surface area contributed by atoms with Crippen LogP contribution in [0.15, 0.2) is 29.4 Å². The summed E-state index contributed by atoms with van der Waals surface area (Å²) in [4.78, 5) is 12.5. The van der Waals surface area contributed by atoms with Crippen molar-refractivity contribution in [1.82, 2.24) is 20.1 Å². The topological polar surface area (TPSA) is 93.9 Å². The van der Waals surface area contributed by atoms with Crippen molar-refractivity contribution in [2.24, 2.45) is 13.0 Å². The number of hydrogen-bond donors (Lipinski definition) is 1. The highest BCUT2D eigenvalue weighted by molar-refractivity contribution is 7.99. The molecule has 2 aromatic rings. The van der Waals surface area contributed by atoms with Gasteiger partial charge in [-0.05, 0) is 42.7 Å². The van der Waals surface area contributed by atoms with Gasteiger partial charge in [-0.1, -0.05) is 36.0 Å². The van der Waals surface area contributed by atoms with Crippen LogP contribution in [-0.2, 0) is 34.5 Å². The average molecular weight is 435 g/mol. The highest BCUT2D eigenvalue weighted by atomic mass is 32.2. The van der Waals surface area contributed by atoms with Crippen LogP contribution in [-0.4, -0.2) is 46.3 Å². The second-order valence-corrected chi connectivity index (χ2v) is 11.1. The molecule has 9 heteroatoms. The van der Waals surface area contributed by atoms with Crippen LogP contribution in [0.3, 0.4) is 0 Å². The average Bonchev–Trinajstić information content (AvgIpc) is 3.22. The Labute approximate surface area is 175 Å². The molecule has 2 aliphatic rings. The van der Waals surface area contributed by atoms with Crippen LogP contribution in [0.1, 0.15) is 42.3 Å². The van der Waals surface area contributed by atoms with E-state index in [4.69, 9.17) is 0 Å². The lowest BCUT2D eigenvalue weighted by molar-refractivity contribution is -0.119. The van der Waals surface area contributed by atoms with E-state index in [0.29, 0.717) is 18.0 Å². The Balaban J connectivity index is 1.32. The zero-order valence-electron chi connectivity index (χ0n) is 16.5. The molecule has 0 bridgehead atoms. The summed E-state index contributed by atoms with van der Waals surface area (Å²) in [6.07, 6.45) is 4.41. The maximum Gasteiger partial charge on any atom is 0.230 e. The Morgan fingerprint density at radius 3 is 2.90 bits per heavy atom. The van der Waals surface area contributed by atoms with Gasteiger partial charge in [0.05, 0.1) is 23.3 Å². The Kier molecular flexibility index (Phi) is 5.96. The van der Waals surface area contributed by atoms with Crippen LogP contribution in [0.25, 0.3) is 0 Å². The standard InChI is InChI=1S/C20H26N4O3S2/c1-24-18(11-14-9-10-29(26,27)13-14)22-23-20(24)28-12-19(25)21-17-8-4-6-15-5-2-3-7-16(15)17/h2-3,5,7,14,17H,4,6,8-13H2,1H3,(H,21,25)/t14-,17-/m0/s1. The summed E-state index contributed by atoms with van der Waals surface area (Å²) in [7, 11) is -1.02. The fourth-order valence-electron chi connectivity index (χ4n) is 4.21. The lowest BCUT2D eigenvalue weighted by Gasteiger charge is -2.26. The van der Waals surface area contributed by atoms with Crippen molar-refractivity contribution < 1.29 is 13.2 Å². The molecule has 0 saturated carbocycles. The number of rotatable bonds is 6. The summed E-state index contributed by atoms with van der Waals surface area (Å²) in [6, 6.07) is 8.39. The number of carbonyl (C=O) groups is 1. The Hall–Kier alpha value is -1.87. The third kappa shape index (κ3) is 4.83. The van der Waals surface area contributed by atoms with E-state index < -0.39 is 9.84 Å². The van der Waals surface area contributed by atoms with Gasteiger partial charge < -0.3 is 9.88 Å². The molecule has 2 heterocycles. The molecule has 4 rings (SSSR count). The van der Waals surface area contributed by atoms with E-state index in [9.17, 15) is 13.2 Å². The summed E-state index contributed by atoms with van der Waals surface area (Å²) in [5.41, 5.74) is 2.55. The van der Waals surface area contributed by atoms with E-state index >= 15 is 0 Å². The molecule has 0 unspecified atom stereocenters. The minimum atomic E-state index is -2.89. The van der Waals surface area contributed by atoms with Gasteiger partial charge in [0.25, 0.3) is 0 Å². The van der Waals surface area contributed by atoms with E-state index in [-0.39, 0.29) is 35.1 Å². The third-order valence-electron chi connectivity index (χ3n) is 5.76. The first-order valence-corrected chi connectivity index (χ1v) is 12.8. The molecule has 1 aliphatic carbocycles. The molecule has 1 amide bonds. The summed E-state index contributed by atoms with van der Waals surface area (Å²) in [6.45, 7) is 0. The number of benzene rings is 1. The first kappa shape index (κ1) is 20.4. The molecule has 1 saturated heterocycles. The van der Waals surface area contributed by atoms with Gasteiger partial charge >= 0.3 is 0 Å². The Bertz CT molecular complexity index is 1000. The molecule has 1 aromatic heterocycles. The van der Waals surface area contributed by atoms with E-state index in [1.54, 1.807) is 0 Å². The van der Waals surface area contributed by atoms with E-state index in [1.165, 1.54) is 22.9 Å². The van der Waals surface area contributed by atoms with Crippen LogP contribution in [0.2, 0.25) is 0 Å². The van der Waals surface area contributed by atoms with Crippen LogP contribution >= 0.6 is 11.8 Å². The van der Waals surface area contributed by atoms with Crippen LogP contribution in [0.5, 0.6) is 0 Å². The number of thioether (sulfide) groups is 1. The number of carbonyl (C=O) groups excluding carboxylic acids is 1. The molecular weight excluding hydrogens is 408 g/mol. The van der Waals surface area contributed by atoms with Crippen molar-refractivity contribution in [3.05, 3.63) is 41.2 Å². The zero-order valence-corrected chi connectivity index (χ0v) is 18.1. The highest BCUT2D eigenvalue weighted by Crippen LogP contribution is 2.29. The predicted molar refractivity (Wildman–Crippen MR) is 112 cm³/mol. The van der Waals surface area contributed by atoms with Crippen molar-refractivity contribution in [1.29, 1.82) is 0 Å². The second kappa shape index (κ2) is 8.47. The van der Waals surface area contributed by atoms with Gasteiger partial charge in [0.1, 0.15) is 5.82 Å². The molecule has 156 valence electrons. The first-order valence-electron chi connectivity index (χ1n) is 10.00. The van der Waals surface area contributed by atoms with Crippen molar-refractivity contribution in [2.45, 2.75) is 43.3 Å². The monoisotopic (exact) mass is 434 g/mol. The van der Waals surface area contributed by atoms with Crippen LogP contribution in [0, 0.1) is 5.92 Å². The minimum Gasteiger partial charge on any atom is -0.349 e. The van der Waals surface area contributed by atoms with E-state index in [2.05, 4.69) is 27.6 Å². The number of aryl methyl sites for hydroxylation is 1. The normalized spacial score (nSPS) is 22.9. The number of hydrogen-bond acceptors (Lipinski definition) is 6. The molecule has 1 aliphatic heterocycles. The van der Waals surface area contributed by atoms with Gasteiger partial charge in [0, 0.05) is 13.5 Å². The molecule has 1 N–H and O–H groups in total. The lowest BCUT2D eigenvalue weighted by Crippen LogP contribution is -2.32. The number of sulfone groups is 1. The Morgan fingerprint density at radius 2 is 2.10 bits per heavy atom. The summed E-state index contributed by atoms with van der Waals surface area (Å²) < 4.78 is 25.2. The van der Waals surface area contributed by atoms with Crippen LogP contribution in [0.4, 0.5) is 0 Å². The van der Waals surface area contributed by atoms with Gasteiger partial charge in [-0.3, -0.25) is 4.79 Å². The van der Waals surface area contributed by atoms with Crippen LogP contribution < -0.4 is 5.32 Å². The minimum absolute atomic E-state index is 0.0110. The molecule has 7 nitrogen and oxygen atoms in total. The van der Waals surface area contributed by atoms with E-state index in [1.807, 2.05) is 23.7 Å². The van der Waals surface area contributed by atoms with Gasteiger partial charge in [0.15, 0.2) is 15.0 Å². The molecule has 0 spiro atoms. The van der Waals surface area contributed by atoms with Crippen molar-refractivity contribution in [3.63, 3.8) is 0 Å². The maximum atomic E-state index is 12.5. The first-order chi connectivity index (χ1) is 13.9. The number of aromatic nitrogens is 3. The fourth-order valence-corrected chi connectivity index (χ4v) is 6.81. The van der Waals surface area contributed by atoms with Crippen molar-refractivity contribution in [2.75, 3.05) is 17.3 Å². The molecular formula is C20H26N4O3S2. The number of amides is 1. The molecule has 1 fully saturated rings. The lowest BCUT2D eigenvalue weighted by atomic mass is 9.88. The van der Waals surface area contributed by atoms with Crippen molar-refractivity contribution in [3.8, 4) is 0 Å². The zero-order chi connectivity index (χ0) is 20.4. The van der Waals surface area contributed by atoms with Gasteiger partial charge in [-0.2, -0.15) is 0 Å². The highest BCUT2D eigenvalue weighted by Gasteiger charge is 2.29. The maximum absolute atomic E-state index is 12.5. The summed E-state index contributed by atoms with van der Waals surface area (Å²) >= 11 is 1.36. The predicted octanol–water partition coefficient (Wildman–Crippen LogP) is 2.08. The number of nitrogens with zero attached hydrogens (tertiary/aromatic N) is 3. The molecule has 1 aromatic carbocycles. The second-order valence-electron chi connectivity index (χ2n) is 7.93. The Morgan fingerprint density at radius 1 is 1.28 bits per heavy atom. The largest absolute Gasteiger partial charge is 0.349 e. The number of nitrogens with one attached hydrogen (secondary N) is 1. The summed E-state index contributed by atoms with van der Waals surface area (Å²) in [5, 5.41) is 12.2. The van der Waals surface area contributed by atoms with Crippen molar-refractivity contribution >= 4 is 27.5 Å². The van der Waals surface area contributed by atoms with Gasteiger partial charge in [-0.15, -0.1) is 10.2 Å². The molecule has 29 heavy (non-hydrogen) atoms. The smallest absolute Gasteiger partial charge is 0.230 e. The molecule has 0 radical (unpaired) electrons. The third-order valence-corrected chi connectivity index (χ3v) is 8.62. The molecule has 2 atom stereocenters. The fraction of sp³-hybridized carbons (Fsp3) is 0.550. The van der Waals surface area contributed by atoms with Gasteiger partial charge in [-0.25, -0.2) is 8.42 Å². The van der Waals surface area contributed by atoms with E-state index in [0.717, 1.165) is 25.1 Å². The quantitative estimate of drug-likeness (QED) is 0.700. The number of fused-ring (bicyclic) bond motifs is 1. The summed E-state index contributed by atoms with van der Waals surface area (Å²) in [5.74, 6) is 1.65. The SMILES string of the molecule is Cn1c(C[C@@H]2CCS(=O)(=O)C2)nnc1SCC(=O)N[C@H]1CCCc2ccccc21.